The van der Waals surface area contributed by atoms with Crippen molar-refractivity contribution < 1.29 is 18.7 Å². The summed E-state index contributed by atoms with van der Waals surface area (Å²) < 4.78 is 27.3. The minimum absolute atomic E-state index is 0.0397. The standard InChI is InChI=1S/C26H20FN5O3/c1-16-13-25(32-24(29-16)11-12-28-32)35-22-10-9-18(15-20(22)27)26(33)31-23-8-4-7-21(30-23)17-5-3-6-19(14-17)34-2/h3-15H,1-2H3,(H,30,31,33). The van der Waals surface area contributed by atoms with Gasteiger partial charge in [-0.25, -0.2) is 14.4 Å². The molecule has 5 rings (SSSR count). The smallest absolute Gasteiger partial charge is 0.256 e. The van der Waals surface area contributed by atoms with Gasteiger partial charge in [0.25, 0.3) is 5.91 Å². The van der Waals surface area contributed by atoms with Gasteiger partial charge in [-0.15, -0.1) is 0 Å². The number of halogens is 1. The topological polar surface area (TPSA) is 90.6 Å². The number of rotatable bonds is 6. The van der Waals surface area contributed by atoms with E-state index in [0.717, 1.165) is 11.6 Å². The molecule has 2 aromatic carbocycles. The molecule has 9 heteroatoms. The summed E-state index contributed by atoms with van der Waals surface area (Å²) in [6.07, 6.45) is 1.58. The highest BCUT2D eigenvalue weighted by atomic mass is 19.1. The Hall–Kier alpha value is -4.79. The van der Waals surface area contributed by atoms with Crippen LogP contribution >= 0.6 is 0 Å². The fourth-order valence-electron chi connectivity index (χ4n) is 3.55. The number of nitrogens with one attached hydrogen (secondary N) is 1. The van der Waals surface area contributed by atoms with E-state index in [1.165, 1.54) is 16.6 Å². The summed E-state index contributed by atoms with van der Waals surface area (Å²) in [5.74, 6) is 0.121. The quantitative estimate of drug-likeness (QED) is 0.363. The number of anilines is 1. The van der Waals surface area contributed by atoms with Gasteiger partial charge in [0.1, 0.15) is 11.6 Å². The second kappa shape index (κ2) is 9.22. The van der Waals surface area contributed by atoms with E-state index >= 15 is 0 Å². The van der Waals surface area contributed by atoms with E-state index in [2.05, 4.69) is 20.4 Å². The van der Waals surface area contributed by atoms with Crippen molar-refractivity contribution in [3.63, 3.8) is 0 Å². The lowest BCUT2D eigenvalue weighted by Gasteiger charge is -2.11. The van der Waals surface area contributed by atoms with Crippen LogP contribution in [0, 0.1) is 12.7 Å². The first-order chi connectivity index (χ1) is 17.0. The van der Waals surface area contributed by atoms with Crippen molar-refractivity contribution in [3.05, 3.63) is 96.1 Å². The zero-order valence-electron chi connectivity index (χ0n) is 18.9. The van der Waals surface area contributed by atoms with Crippen molar-refractivity contribution >= 4 is 17.4 Å². The molecule has 174 valence electrons. The molecule has 0 aliphatic carbocycles. The maximum absolute atomic E-state index is 14.8. The molecule has 5 aromatic rings. The molecule has 0 saturated heterocycles. The molecule has 0 fully saturated rings. The van der Waals surface area contributed by atoms with Crippen molar-refractivity contribution in [2.24, 2.45) is 0 Å². The number of benzene rings is 2. The van der Waals surface area contributed by atoms with Gasteiger partial charge in [0, 0.05) is 29.0 Å². The van der Waals surface area contributed by atoms with E-state index in [4.69, 9.17) is 9.47 Å². The fraction of sp³-hybridized carbons (Fsp3) is 0.0769. The molecule has 0 radical (unpaired) electrons. The lowest BCUT2D eigenvalue weighted by molar-refractivity contribution is 0.102. The maximum atomic E-state index is 14.8. The summed E-state index contributed by atoms with van der Waals surface area (Å²) in [5, 5.41) is 6.86. The highest BCUT2D eigenvalue weighted by Crippen LogP contribution is 2.27. The SMILES string of the molecule is COc1cccc(-c2cccc(NC(=O)c3ccc(Oc4cc(C)nc5ccnn45)c(F)c3)n2)c1. The van der Waals surface area contributed by atoms with Crippen molar-refractivity contribution in [2.45, 2.75) is 6.92 Å². The van der Waals surface area contributed by atoms with Crippen LogP contribution < -0.4 is 14.8 Å². The summed E-state index contributed by atoms with van der Waals surface area (Å²) in [7, 11) is 1.59. The van der Waals surface area contributed by atoms with E-state index < -0.39 is 11.7 Å². The summed E-state index contributed by atoms with van der Waals surface area (Å²) in [4.78, 5) is 21.6. The number of carbonyl (C=O) groups excluding carboxylic acids is 1. The average Bonchev–Trinajstić information content (AvgIpc) is 3.34. The Morgan fingerprint density at radius 2 is 1.86 bits per heavy atom. The predicted molar refractivity (Wildman–Crippen MR) is 128 cm³/mol. The van der Waals surface area contributed by atoms with Gasteiger partial charge in [0.2, 0.25) is 5.88 Å². The highest BCUT2D eigenvalue weighted by Gasteiger charge is 2.14. The molecule has 0 unspecified atom stereocenters. The summed E-state index contributed by atoms with van der Waals surface area (Å²) in [6, 6.07) is 20.1. The molecule has 0 aliphatic heterocycles. The van der Waals surface area contributed by atoms with Crippen LogP contribution in [0.3, 0.4) is 0 Å². The van der Waals surface area contributed by atoms with Gasteiger partial charge in [-0.05, 0) is 49.4 Å². The first-order valence-electron chi connectivity index (χ1n) is 10.7. The molecule has 0 saturated carbocycles. The molecule has 0 aliphatic rings. The molecule has 1 N–H and O–H groups in total. The maximum Gasteiger partial charge on any atom is 0.256 e. The Balaban J connectivity index is 1.34. The zero-order chi connectivity index (χ0) is 24.4. The first kappa shape index (κ1) is 22.0. The largest absolute Gasteiger partial charge is 0.497 e. The number of amides is 1. The van der Waals surface area contributed by atoms with Crippen molar-refractivity contribution in [1.29, 1.82) is 0 Å². The van der Waals surface area contributed by atoms with Gasteiger partial charge in [-0.3, -0.25) is 4.79 Å². The third kappa shape index (κ3) is 4.65. The molecule has 0 spiro atoms. The summed E-state index contributed by atoms with van der Waals surface area (Å²) in [6.45, 7) is 1.81. The number of hydrogen-bond acceptors (Lipinski definition) is 6. The van der Waals surface area contributed by atoms with E-state index in [1.807, 2.05) is 30.3 Å². The normalized spacial score (nSPS) is 10.8. The Morgan fingerprint density at radius 1 is 1.00 bits per heavy atom. The highest BCUT2D eigenvalue weighted by molar-refractivity contribution is 6.04. The number of hydrogen-bond donors (Lipinski definition) is 1. The second-order valence-corrected chi connectivity index (χ2v) is 7.68. The number of pyridine rings is 1. The van der Waals surface area contributed by atoms with Crippen LogP contribution in [0.4, 0.5) is 10.2 Å². The van der Waals surface area contributed by atoms with Crippen LogP contribution in [0.1, 0.15) is 16.1 Å². The molecule has 0 atom stereocenters. The number of carbonyl (C=O) groups is 1. The lowest BCUT2D eigenvalue weighted by Crippen LogP contribution is -2.13. The second-order valence-electron chi connectivity index (χ2n) is 7.68. The predicted octanol–water partition coefficient (Wildman–Crippen LogP) is 5.29. The van der Waals surface area contributed by atoms with E-state index in [9.17, 15) is 9.18 Å². The number of nitrogens with zero attached hydrogens (tertiary/aromatic N) is 4. The number of aryl methyl sites for hydroxylation is 1. The molecule has 0 bridgehead atoms. The minimum Gasteiger partial charge on any atom is -0.497 e. The monoisotopic (exact) mass is 469 g/mol. The molecule has 3 aromatic heterocycles. The average molecular weight is 469 g/mol. The fourth-order valence-corrected chi connectivity index (χ4v) is 3.55. The van der Waals surface area contributed by atoms with Gasteiger partial charge in [0.15, 0.2) is 17.2 Å². The Morgan fingerprint density at radius 3 is 2.69 bits per heavy atom. The van der Waals surface area contributed by atoms with Crippen molar-refractivity contribution in [2.75, 3.05) is 12.4 Å². The summed E-state index contributed by atoms with van der Waals surface area (Å²) >= 11 is 0. The van der Waals surface area contributed by atoms with Crippen LogP contribution in [-0.4, -0.2) is 32.6 Å². The number of aromatic nitrogens is 4. The van der Waals surface area contributed by atoms with Crippen molar-refractivity contribution in [3.8, 4) is 28.6 Å². The van der Waals surface area contributed by atoms with Crippen LogP contribution in [0.25, 0.3) is 16.9 Å². The van der Waals surface area contributed by atoms with E-state index in [1.54, 1.807) is 44.5 Å². The molecule has 3 heterocycles. The molecular weight excluding hydrogens is 449 g/mol. The van der Waals surface area contributed by atoms with Crippen LogP contribution in [0.2, 0.25) is 0 Å². The Bertz CT molecular complexity index is 1550. The van der Waals surface area contributed by atoms with Gasteiger partial charge in [-0.2, -0.15) is 9.61 Å². The number of fused-ring (bicyclic) bond motifs is 1. The lowest BCUT2D eigenvalue weighted by atomic mass is 10.1. The Labute approximate surface area is 200 Å². The van der Waals surface area contributed by atoms with E-state index in [0.29, 0.717) is 34.5 Å². The third-order valence-corrected chi connectivity index (χ3v) is 5.22. The van der Waals surface area contributed by atoms with Crippen LogP contribution in [0.15, 0.2) is 79.0 Å². The third-order valence-electron chi connectivity index (χ3n) is 5.22. The van der Waals surface area contributed by atoms with Crippen molar-refractivity contribution in [1.82, 2.24) is 19.6 Å². The van der Waals surface area contributed by atoms with Gasteiger partial charge in [-0.1, -0.05) is 18.2 Å². The first-order valence-corrected chi connectivity index (χ1v) is 10.7. The van der Waals surface area contributed by atoms with Gasteiger partial charge >= 0.3 is 0 Å². The minimum atomic E-state index is -0.689. The van der Waals surface area contributed by atoms with Crippen LogP contribution in [-0.2, 0) is 0 Å². The van der Waals surface area contributed by atoms with E-state index in [-0.39, 0.29) is 11.3 Å². The van der Waals surface area contributed by atoms with Gasteiger partial charge in [0.05, 0.1) is 19.0 Å². The molecule has 1 amide bonds. The summed E-state index contributed by atoms with van der Waals surface area (Å²) in [5.41, 5.74) is 2.91. The zero-order valence-corrected chi connectivity index (χ0v) is 18.9. The van der Waals surface area contributed by atoms with Crippen LogP contribution in [0.5, 0.6) is 17.4 Å². The molecular formula is C26H20FN5O3. The number of methoxy groups -OCH3 is 1. The molecule has 8 nitrogen and oxygen atoms in total. The van der Waals surface area contributed by atoms with Gasteiger partial charge < -0.3 is 14.8 Å². The molecule has 35 heavy (non-hydrogen) atoms. The number of ether oxygens (including phenoxy) is 2. The Kier molecular flexibility index (Phi) is 5.80.